The topological polar surface area (TPSA) is 59.3 Å². The van der Waals surface area contributed by atoms with E-state index in [2.05, 4.69) is 11.7 Å². The van der Waals surface area contributed by atoms with E-state index in [9.17, 15) is 4.79 Å². The van der Waals surface area contributed by atoms with E-state index in [1.165, 1.54) is 6.42 Å². The fourth-order valence-electron chi connectivity index (χ4n) is 1.10. The molecule has 16 heavy (non-hydrogen) atoms. The number of allylic oxidation sites excluding steroid dienone is 1. The largest absolute Gasteiger partial charge is 0.509 e. The van der Waals surface area contributed by atoms with Gasteiger partial charge in [-0.25, -0.2) is 4.79 Å². The summed E-state index contributed by atoms with van der Waals surface area (Å²) in [6, 6.07) is 1.87. The highest BCUT2D eigenvalue weighted by Gasteiger charge is 2.10. The summed E-state index contributed by atoms with van der Waals surface area (Å²) >= 11 is 0. The Balaban J connectivity index is 3.83. The first-order valence-electron chi connectivity index (χ1n) is 5.64. The van der Waals surface area contributed by atoms with Gasteiger partial charge >= 0.3 is 6.16 Å². The summed E-state index contributed by atoms with van der Waals surface area (Å²) in [6.07, 6.45) is 6.13. The van der Waals surface area contributed by atoms with Crippen molar-refractivity contribution in [3.8, 4) is 6.07 Å². The second-order valence-electron chi connectivity index (χ2n) is 3.27. The van der Waals surface area contributed by atoms with Gasteiger partial charge in [-0.3, -0.25) is 0 Å². The third-order valence-electron chi connectivity index (χ3n) is 1.90. The Labute approximate surface area is 96.8 Å². The van der Waals surface area contributed by atoms with Gasteiger partial charge < -0.3 is 9.47 Å². The number of nitrogens with zero attached hydrogens (tertiary/aromatic N) is 1. The molecular weight excluding hydrogens is 206 g/mol. The summed E-state index contributed by atoms with van der Waals surface area (Å²) in [5, 5.41) is 8.71. The lowest BCUT2D eigenvalue weighted by molar-refractivity contribution is 0.0534. The Bertz CT molecular complexity index is 255. The van der Waals surface area contributed by atoms with E-state index in [1.54, 1.807) is 13.0 Å². The summed E-state index contributed by atoms with van der Waals surface area (Å²) < 4.78 is 9.31. The molecule has 0 saturated heterocycles. The molecule has 0 fully saturated rings. The van der Waals surface area contributed by atoms with Gasteiger partial charge in [-0.1, -0.05) is 25.8 Å². The third kappa shape index (κ3) is 7.86. The van der Waals surface area contributed by atoms with E-state index < -0.39 is 12.3 Å². The lowest BCUT2D eigenvalue weighted by Crippen LogP contribution is -2.15. The maximum absolute atomic E-state index is 10.9. The van der Waals surface area contributed by atoms with Crippen LogP contribution in [0.1, 0.15) is 39.5 Å². The molecule has 1 atom stereocenters. The first-order valence-corrected chi connectivity index (χ1v) is 5.64. The number of carbonyl (C=O) groups excluding carboxylic acids is 1. The van der Waals surface area contributed by atoms with Crippen molar-refractivity contribution in [1.29, 1.82) is 5.26 Å². The monoisotopic (exact) mass is 225 g/mol. The van der Waals surface area contributed by atoms with Crippen LogP contribution >= 0.6 is 0 Å². The van der Waals surface area contributed by atoms with Crippen molar-refractivity contribution < 1.29 is 14.3 Å². The van der Waals surface area contributed by atoms with Crippen molar-refractivity contribution in [2.45, 2.75) is 45.6 Å². The predicted molar refractivity (Wildman–Crippen MR) is 60.8 cm³/mol. The molecule has 90 valence electrons. The lowest BCUT2D eigenvalue weighted by Gasteiger charge is -2.05. The minimum Gasteiger partial charge on any atom is -0.435 e. The molecule has 0 radical (unpaired) electrons. The molecule has 0 aliphatic carbocycles. The van der Waals surface area contributed by atoms with Crippen LogP contribution < -0.4 is 0 Å². The highest BCUT2D eigenvalue weighted by molar-refractivity contribution is 5.60. The van der Waals surface area contributed by atoms with Gasteiger partial charge in [0.25, 0.3) is 0 Å². The van der Waals surface area contributed by atoms with Crippen molar-refractivity contribution in [2.24, 2.45) is 0 Å². The van der Waals surface area contributed by atoms with Crippen molar-refractivity contribution in [1.82, 2.24) is 0 Å². The Morgan fingerprint density at radius 3 is 2.75 bits per heavy atom. The minimum atomic E-state index is -0.847. The number of nitriles is 1. The first-order chi connectivity index (χ1) is 7.74. The van der Waals surface area contributed by atoms with Gasteiger partial charge in [-0.05, 0) is 25.8 Å². The van der Waals surface area contributed by atoms with E-state index >= 15 is 0 Å². The van der Waals surface area contributed by atoms with Gasteiger partial charge in [0.2, 0.25) is 6.10 Å². The Morgan fingerprint density at radius 1 is 1.44 bits per heavy atom. The fraction of sp³-hybridized carbons (Fsp3) is 0.667. The predicted octanol–water partition coefficient (Wildman–Crippen LogP) is 3.19. The van der Waals surface area contributed by atoms with Crippen LogP contribution in [-0.2, 0) is 9.47 Å². The molecule has 0 aromatic rings. The summed E-state index contributed by atoms with van der Waals surface area (Å²) in [7, 11) is 0. The van der Waals surface area contributed by atoms with E-state index in [0.717, 1.165) is 19.3 Å². The molecular formula is C12H19NO3. The van der Waals surface area contributed by atoms with Crippen molar-refractivity contribution in [2.75, 3.05) is 6.61 Å². The van der Waals surface area contributed by atoms with E-state index in [1.807, 2.05) is 12.1 Å². The molecule has 0 spiro atoms. The smallest absolute Gasteiger partial charge is 0.435 e. The molecule has 0 aromatic heterocycles. The zero-order valence-electron chi connectivity index (χ0n) is 9.94. The normalized spacial score (nSPS) is 12.1. The maximum Gasteiger partial charge on any atom is 0.509 e. The Morgan fingerprint density at radius 2 is 2.19 bits per heavy atom. The molecule has 0 aromatic carbocycles. The first kappa shape index (κ1) is 14.5. The summed E-state index contributed by atoms with van der Waals surface area (Å²) in [4.78, 5) is 10.9. The van der Waals surface area contributed by atoms with Crippen LogP contribution in [0.5, 0.6) is 0 Å². The van der Waals surface area contributed by atoms with Gasteiger partial charge in [-0.2, -0.15) is 5.26 Å². The highest BCUT2D eigenvalue weighted by atomic mass is 16.7. The molecule has 0 amide bonds. The van der Waals surface area contributed by atoms with Gasteiger partial charge in [0.05, 0.1) is 6.61 Å². The average Bonchev–Trinajstić information content (AvgIpc) is 2.27. The quantitative estimate of drug-likeness (QED) is 0.379. The van der Waals surface area contributed by atoms with Crippen LogP contribution in [0.4, 0.5) is 4.79 Å². The van der Waals surface area contributed by atoms with E-state index in [-0.39, 0.29) is 6.61 Å². The van der Waals surface area contributed by atoms with Crippen molar-refractivity contribution in [3.63, 3.8) is 0 Å². The SMILES string of the molecule is CCCCC/C=C/C(C#N)OC(=O)OCC. The van der Waals surface area contributed by atoms with Crippen LogP contribution in [0.2, 0.25) is 0 Å². The Hall–Kier alpha value is -1.50. The third-order valence-corrected chi connectivity index (χ3v) is 1.90. The molecule has 0 bridgehead atoms. The zero-order valence-corrected chi connectivity index (χ0v) is 9.94. The molecule has 4 heteroatoms. The number of hydrogen-bond acceptors (Lipinski definition) is 4. The molecule has 0 aliphatic heterocycles. The van der Waals surface area contributed by atoms with Gasteiger partial charge in [0, 0.05) is 0 Å². The van der Waals surface area contributed by atoms with E-state index in [0.29, 0.717) is 0 Å². The van der Waals surface area contributed by atoms with Gasteiger partial charge in [-0.15, -0.1) is 0 Å². The average molecular weight is 225 g/mol. The van der Waals surface area contributed by atoms with Gasteiger partial charge in [0.15, 0.2) is 0 Å². The second kappa shape index (κ2) is 10.0. The van der Waals surface area contributed by atoms with Crippen LogP contribution in [0.25, 0.3) is 0 Å². The molecule has 0 heterocycles. The molecule has 4 nitrogen and oxygen atoms in total. The number of hydrogen-bond donors (Lipinski definition) is 0. The summed E-state index contributed by atoms with van der Waals surface area (Å²) in [6.45, 7) is 4.06. The summed E-state index contributed by atoms with van der Waals surface area (Å²) in [5.74, 6) is 0. The zero-order chi connectivity index (χ0) is 12.2. The summed E-state index contributed by atoms with van der Waals surface area (Å²) in [5.41, 5.74) is 0. The van der Waals surface area contributed by atoms with Crippen LogP contribution in [0.15, 0.2) is 12.2 Å². The number of ether oxygens (including phenoxy) is 2. The highest BCUT2D eigenvalue weighted by Crippen LogP contribution is 2.02. The molecule has 1 unspecified atom stereocenters. The Kier molecular flexibility index (Phi) is 9.09. The molecule has 0 N–H and O–H groups in total. The number of unbranched alkanes of at least 4 members (excludes halogenated alkanes) is 3. The number of carbonyl (C=O) groups is 1. The van der Waals surface area contributed by atoms with Crippen LogP contribution in [0, 0.1) is 11.3 Å². The van der Waals surface area contributed by atoms with E-state index in [4.69, 9.17) is 10.00 Å². The minimum absolute atomic E-state index is 0.247. The van der Waals surface area contributed by atoms with Crippen LogP contribution in [-0.4, -0.2) is 18.9 Å². The van der Waals surface area contributed by atoms with Crippen LogP contribution in [0.3, 0.4) is 0 Å². The number of rotatable bonds is 7. The fourth-order valence-corrected chi connectivity index (χ4v) is 1.10. The maximum atomic E-state index is 10.9. The lowest BCUT2D eigenvalue weighted by atomic mass is 10.2. The van der Waals surface area contributed by atoms with Gasteiger partial charge in [0.1, 0.15) is 6.07 Å². The molecule has 0 aliphatic rings. The molecule has 0 rings (SSSR count). The van der Waals surface area contributed by atoms with Crippen molar-refractivity contribution >= 4 is 6.16 Å². The second-order valence-corrected chi connectivity index (χ2v) is 3.27. The van der Waals surface area contributed by atoms with Crippen molar-refractivity contribution in [3.05, 3.63) is 12.2 Å². The standard InChI is InChI=1S/C12H19NO3/c1-3-5-6-7-8-9-11(10-13)16-12(14)15-4-2/h8-9,11H,3-7H2,1-2H3/b9-8+. The molecule has 0 saturated carbocycles.